The number of phenols is 1. The molecule has 9 nitrogen and oxygen atoms in total. The monoisotopic (exact) mass is 539 g/mol. The van der Waals surface area contributed by atoms with Crippen molar-refractivity contribution in [3.05, 3.63) is 82.9 Å². The Bertz CT molecular complexity index is 1650. The van der Waals surface area contributed by atoms with Gasteiger partial charge in [-0.25, -0.2) is 0 Å². The Kier molecular flexibility index (Phi) is 7.44. The van der Waals surface area contributed by atoms with E-state index in [1.54, 1.807) is 61.5 Å². The first-order valence-corrected chi connectivity index (χ1v) is 12.9. The maximum absolute atomic E-state index is 13.1. The van der Waals surface area contributed by atoms with Gasteiger partial charge in [0.05, 0.1) is 17.7 Å². The number of rotatable bonds is 7. The van der Waals surface area contributed by atoms with Gasteiger partial charge in [0, 0.05) is 17.1 Å². The first kappa shape index (κ1) is 26.1. The number of nitrogens with one attached hydrogen (secondary N) is 1. The van der Waals surface area contributed by atoms with Crippen molar-refractivity contribution < 1.29 is 27.6 Å². The number of amides is 1. The van der Waals surface area contributed by atoms with Gasteiger partial charge in [-0.05, 0) is 41.6 Å². The zero-order valence-electron chi connectivity index (χ0n) is 19.8. The van der Waals surface area contributed by atoms with Crippen LogP contribution in [0.1, 0.15) is 22.8 Å². The Hall–Kier alpha value is -3.99. The fraction of sp³-hybridized carbons (Fsp3) is 0.115. The fourth-order valence-electron chi connectivity index (χ4n) is 3.78. The number of methoxy groups -OCH3 is 1. The van der Waals surface area contributed by atoms with Gasteiger partial charge in [0.15, 0.2) is 5.75 Å². The van der Waals surface area contributed by atoms with E-state index in [9.17, 15) is 22.9 Å². The average molecular weight is 540 g/mol. The number of halogens is 1. The van der Waals surface area contributed by atoms with Gasteiger partial charge in [0.1, 0.15) is 22.0 Å². The molecule has 1 amide bonds. The summed E-state index contributed by atoms with van der Waals surface area (Å²) in [6.07, 6.45) is 0.425. The van der Waals surface area contributed by atoms with Crippen LogP contribution in [0.2, 0.25) is 5.02 Å². The lowest BCUT2D eigenvalue weighted by Gasteiger charge is -2.12. The summed E-state index contributed by atoms with van der Waals surface area (Å²) in [5, 5.41) is 22.7. The topological polar surface area (TPSA) is 138 Å². The highest BCUT2D eigenvalue weighted by molar-refractivity contribution is 7.86. The fourth-order valence-corrected chi connectivity index (χ4v) is 5.10. The number of fused-ring (bicyclic) bond motifs is 1. The molecular weight excluding hydrogens is 518 g/mol. The first-order chi connectivity index (χ1) is 17.6. The minimum Gasteiger partial charge on any atom is -0.505 e. The molecule has 0 bridgehead atoms. The van der Waals surface area contributed by atoms with Gasteiger partial charge in [-0.1, -0.05) is 54.9 Å². The molecule has 0 spiro atoms. The largest absolute Gasteiger partial charge is 0.505 e. The summed E-state index contributed by atoms with van der Waals surface area (Å²) >= 11 is 6.22. The molecule has 3 N–H and O–H groups in total. The van der Waals surface area contributed by atoms with Crippen LogP contribution in [-0.2, 0) is 16.5 Å². The number of azo groups is 1. The zero-order valence-corrected chi connectivity index (χ0v) is 21.3. The summed E-state index contributed by atoms with van der Waals surface area (Å²) in [5.41, 5.74) is 0.580. The number of hydrogen-bond donors (Lipinski definition) is 3. The van der Waals surface area contributed by atoms with Crippen LogP contribution in [-0.4, -0.2) is 31.1 Å². The summed E-state index contributed by atoms with van der Waals surface area (Å²) in [5.74, 6) is -0.535. The molecule has 0 fully saturated rings. The number of carbonyl (C=O) groups excluding carboxylic acids is 1. The Morgan fingerprint density at radius 1 is 1.05 bits per heavy atom. The van der Waals surface area contributed by atoms with Crippen LogP contribution in [0.15, 0.2) is 81.9 Å². The van der Waals surface area contributed by atoms with E-state index in [0.29, 0.717) is 34.2 Å². The summed E-state index contributed by atoms with van der Waals surface area (Å²) in [6, 6.07) is 18.0. The second-order valence-electron chi connectivity index (χ2n) is 7.94. The summed E-state index contributed by atoms with van der Waals surface area (Å²) in [4.78, 5) is 12.5. The van der Waals surface area contributed by atoms with Crippen LogP contribution in [0, 0.1) is 0 Å². The van der Waals surface area contributed by atoms with Gasteiger partial charge in [-0.2, -0.15) is 8.42 Å². The second-order valence-corrected chi connectivity index (χ2v) is 9.68. The minimum absolute atomic E-state index is 0.0640. The molecule has 190 valence electrons. The highest BCUT2D eigenvalue weighted by atomic mass is 35.5. The minimum atomic E-state index is -4.74. The van der Waals surface area contributed by atoms with E-state index in [0.717, 1.165) is 0 Å². The van der Waals surface area contributed by atoms with E-state index in [4.69, 9.17) is 16.3 Å². The molecule has 0 aliphatic carbocycles. The Labute approximate surface area is 218 Å². The van der Waals surface area contributed by atoms with Gasteiger partial charge in [-0.3, -0.25) is 9.35 Å². The third-order valence-electron chi connectivity index (χ3n) is 5.62. The van der Waals surface area contributed by atoms with E-state index < -0.39 is 26.7 Å². The lowest BCUT2D eigenvalue weighted by molar-refractivity contribution is 0.102. The van der Waals surface area contributed by atoms with Crippen molar-refractivity contribution in [2.24, 2.45) is 10.2 Å². The maximum Gasteiger partial charge on any atom is 0.298 e. The van der Waals surface area contributed by atoms with Crippen molar-refractivity contribution in [2.45, 2.75) is 18.2 Å². The molecule has 4 rings (SSSR count). The Balaban J connectivity index is 1.83. The highest BCUT2D eigenvalue weighted by Crippen LogP contribution is 2.41. The molecule has 0 radical (unpaired) electrons. The Morgan fingerprint density at radius 2 is 1.81 bits per heavy atom. The zero-order chi connectivity index (χ0) is 26.7. The van der Waals surface area contributed by atoms with Crippen LogP contribution in [0.4, 0.5) is 17.1 Å². The molecule has 0 aliphatic rings. The normalized spacial score (nSPS) is 11.7. The molecule has 11 heteroatoms. The number of ether oxygens (including phenoxy) is 1. The molecule has 0 heterocycles. The number of carbonyl (C=O) groups is 1. The molecular formula is C26H22ClN3O6S. The van der Waals surface area contributed by atoms with Crippen molar-refractivity contribution in [3.8, 4) is 11.5 Å². The van der Waals surface area contributed by atoms with E-state index in [2.05, 4.69) is 15.5 Å². The number of nitrogens with zero attached hydrogens (tertiary/aromatic N) is 2. The van der Waals surface area contributed by atoms with Crippen molar-refractivity contribution in [1.29, 1.82) is 0 Å². The number of hydrogen-bond acceptors (Lipinski definition) is 7. The molecule has 0 aliphatic heterocycles. The summed E-state index contributed by atoms with van der Waals surface area (Å²) in [7, 11) is -3.23. The third-order valence-corrected chi connectivity index (χ3v) is 7.09. The van der Waals surface area contributed by atoms with Crippen LogP contribution in [0.5, 0.6) is 11.5 Å². The predicted molar refractivity (Wildman–Crippen MR) is 141 cm³/mol. The van der Waals surface area contributed by atoms with E-state index in [1.807, 2.05) is 0 Å². The molecule has 0 aromatic heterocycles. The molecule has 0 unspecified atom stereocenters. The number of aryl methyl sites for hydroxylation is 1. The van der Waals surface area contributed by atoms with Gasteiger partial charge in [-0.15, -0.1) is 10.2 Å². The van der Waals surface area contributed by atoms with Crippen molar-refractivity contribution in [3.63, 3.8) is 0 Å². The van der Waals surface area contributed by atoms with Crippen molar-refractivity contribution in [2.75, 3.05) is 12.4 Å². The lowest BCUT2D eigenvalue weighted by Crippen LogP contribution is -2.12. The molecule has 4 aromatic carbocycles. The number of benzene rings is 4. The lowest BCUT2D eigenvalue weighted by atomic mass is 10.0. The first-order valence-electron chi connectivity index (χ1n) is 11.0. The maximum atomic E-state index is 13.1. The predicted octanol–water partition coefficient (Wildman–Crippen LogP) is 6.68. The summed E-state index contributed by atoms with van der Waals surface area (Å²) < 4.78 is 39.0. The van der Waals surface area contributed by atoms with Crippen LogP contribution in [0.3, 0.4) is 0 Å². The molecule has 0 saturated carbocycles. The van der Waals surface area contributed by atoms with E-state index in [1.165, 1.54) is 19.2 Å². The van der Waals surface area contributed by atoms with Crippen molar-refractivity contribution >= 4 is 55.5 Å². The number of anilines is 1. The average Bonchev–Trinajstić information content (AvgIpc) is 2.87. The number of phenolic OH excluding ortho intramolecular Hbond substituents is 1. The molecule has 4 aromatic rings. The van der Waals surface area contributed by atoms with Crippen LogP contribution >= 0.6 is 11.6 Å². The van der Waals surface area contributed by atoms with Gasteiger partial charge in [0.2, 0.25) is 0 Å². The third kappa shape index (κ3) is 5.41. The highest BCUT2D eigenvalue weighted by Gasteiger charge is 2.23. The van der Waals surface area contributed by atoms with Gasteiger partial charge in [0.25, 0.3) is 16.0 Å². The Morgan fingerprint density at radius 3 is 2.51 bits per heavy atom. The molecule has 0 saturated heterocycles. The number of aromatic hydroxyl groups is 1. The summed E-state index contributed by atoms with van der Waals surface area (Å²) in [6.45, 7) is 1.78. The molecule has 37 heavy (non-hydrogen) atoms. The van der Waals surface area contributed by atoms with Crippen LogP contribution < -0.4 is 10.1 Å². The van der Waals surface area contributed by atoms with E-state index >= 15 is 0 Å². The second kappa shape index (κ2) is 10.6. The van der Waals surface area contributed by atoms with Crippen molar-refractivity contribution in [1.82, 2.24) is 0 Å². The smallest absolute Gasteiger partial charge is 0.298 e. The standard InChI is InChI=1S/C26H22ClN3O6S/c1-3-15-11-12-21(25(22(15)27)37(33,34)35)29-30-23-19-10-5-4-7-16(19)13-20(24(23)31)26(32)28-17-8-6-9-18(14-17)36-2/h4-14,31H,3H2,1-2H3,(H,28,32)(H,33,34,35). The van der Waals surface area contributed by atoms with Gasteiger partial charge >= 0.3 is 0 Å². The quantitative estimate of drug-likeness (QED) is 0.177. The van der Waals surface area contributed by atoms with E-state index in [-0.39, 0.29) is 22.0 Å². The molecule has 0 atom stereocenters. The SMILES string of the molecule is CCc1ccc(N=Nc2c(O)c(C(=O)Nc3cccc(OC)c3)cc3ccccc23)c(S(=O)(=O)O)c1Cl. The van der Waals surface area contributed by atoms with Gasteiger partial charge < -0.3 is 15.2 Å². The van der Waals surface area contributed by atoms with Crippen LogP contribution in [0.25, 0.3) is 10.8 Å².